The lowest BCUT2D eigenvalue weighted by Crippen LogP contribution is -2.44. The molecule has 1 aromatic heterocycles. The summed E-state index contributed by atoms with van der Waals surface area (Å²) in [5, 5.41) is 8.77. The molecule has 1 aliphatic heterocycles. The summed E-state index contributed by atoms with van der Waals surface area (Å²) in [5.74, 6) is -0.734. The summed E-state index contributed by atoms with van der Waals surface area (Å²) in [4.78, 5) is 32.5. The van der Waals surface area contributed by atoms with Gasteiger partial charge in [0.25, 0.3) is 5.91 Å². The van der Waals surface area contributed by atoms with Gasteiger partial charge in [0.15, 0.2) is 5.69 Å². The molecular weight excluding hydrogens is 270 g/mol. The fourth-order valence-corrected chi connectivity index (χ4v) is 2.51. The first-order valence-electron chi connectivity index (χ1n) is 7.18. The molecular formula is C15H21N3O3. The molecule has 0 aliphatic carbocycles. The van der Waals surface area contributed by atoms with Crippen LogP contribution in [0.5, 0.6) is 0 Å². The third-order valence-corrected chi connectivity index (χ3v) is 4.68. The highest BCUT2D eigenvalue weighted by Gasteiger charge is 2.34. The highest BCUT2D eigenvalue weighted by atomic mass is 16.4. The quantitative estimate of drug-likeness (QED) is 0.921. The van der Waals surface area contributed by atoms with Crippen LogP contribution in [0.4, 0.5) is 0 Å². The molecule has 0 atom stereocenters. The first kappa shape index (κ1) is 15.4. The summed E-state index contributed by atoms with van der Waals surface area (Å²) in [5.41, 5.74) is 0.320. The minimum atomic E-state index is -1.15. The monoisotopic (exact) mass is 291 g/mol. The topological polar surface area (TPSA) is 83.4 Å². The number of carboxylic acids is 1. The van der Waals surface area contributed by atoms with Crippen molar-refractivity contribution < 1.29 is 14.7 Å². The Bertz CT molecular complexity index is 532. The lowest BCUT2D eigenvalue weighted by molar-refractivity contribution is 0.0501. The second kappa shape index (κ2) is 5.79. The molecule has 21 heavy (non-hydrogen) atoms. The van der Waals surface area contributed by atoms with Gasteiger partial charge < -0.3 is 10.0 Å². The Morgan fingerprint density at radius 1 is 1.19 bits per heavy atom. The van der Waals surface area contributed by atoms with Crippen molar-refractivity contribution >= 4 is 11.9 Å². The number of hydrogen-bond donors (Lipinski definition) is 1. The van der Waals surface area contributed by atoms with E-state index in [4.69, 9.17) is 5.11 Å². The van der Waals surface area contributed by atoms with E-state index >= 15 is 0 Å². The largest absolute Gasteiger partial charge is 0.476 e. The molecule has 1 saturated heterocycles. The highest BCUT2D eigenvalue weighted by Crippen LogP contribution is 2.38. The smallest absolute Gasteiger partial charge is 0.356 e. The Morgan fingerprint density at radius 3 is 2.14 bits per heavy atom. The molecule has 2 rings (SSSR count). The lowest BCUT2D eigenvalue weighted by atomic mass is 9.72. The zero-order chi connectivity index (χ0) is 15.6. The summed E-state index contributed by atoms with van der Waals surface area (Å²) in [6, 6.07) is 0. The standard InChI is InChI=1S/C15H21N3O3/c1-10(2)15(3)4-6-18(7-5-15)13(19)11-8-17-12(9-16-11)14(20)21/h8-10H,4-7H2,1-3H3,(H,20,21). The van der Waals surface area contributed by atoms with Gasteiger partial charge in [-0.1, -0.05) is 20.8 Å². The van der Waals surface area contributed by atoms with E-state index < -0.39 is 5.97 Å². The van der Waals surface area contributed by atoms with Crippen molar-refractivity contribution in [1.29, 1.82) is 0 Å². The van der Waals surface area contributed by atoms with Gasteiger partial charge in [0.1, 0.15) is 5.69 Å². The molecule has 1 N–H and O–H groups in total. The molecule has 114 valence electrons. The highest BCUT2D eigenvalue weighted by molar-refractivity contribution is 5.92. The maximum atomic E-state index is 12.3. The predicted octanol–water partition coefficient (Wildman–Crippen LogP) is 2.07. The number of hydrogen-bond acceptors (Lipinski definition) is 4. The molecule has 6 nitrogen and oxygen atoms in total. The summed E-state index contributed by atoms with van der Waals surface area (Å²) in [6.07, 6.45) is 4.30. The van der Waals surface area contributed by atoms with Gasteiger partial charge in [-0.25, -0.2) is 14.8 Å². The molecule has 1 fully saturated rings. The minimum absolute atomic E-state index is 0.155. The lowest BCUT2D eigenvalue weighted by Gasteiger charge is -2.42. The van der Waals surface area contributed by atoms with Crippen molar-refractivity contribution in [3.05, 3.63) is 23.8 Å². The SMILES string of the molecule is CC(C)C1(C)CCN(C(=O)c2cnc(C(=O)O)cn2)CC1. The van der Waals surface area contributed by atoms with Gasteiger partial charge >= 0.3 is 5.97 Å². The first-order chi connectivity index (χ1) is 9.83. The van der Waals surface area contributed by atoms with E-state index in [1.165, 1.54) is 6.20 Å². The number of amides is 1. The summed E-state index contributed by atoms with van der Waals surface area (Å²) in [7, 11) is 0. The van der Waals surface area contributed by atoms with Crippen molar-refractivity contribution in [2.45, 2.75) is 33.6 Å². The normalized spacial score (nSPS) is 17.8. The Labute approximate surface area is 124 Å². The van der Waals surface area contributed by atoms with Gasteiger partial charge in [0.05, 0.1) is 12.4 Å². The maximum absolute atomic E-state index is 12.3. The van der Waals surface area contributed by atoms with Crippen molar-refractivity contribution in [2.24, 2.45) is 11.3 Å². The van der Waals surface area contributed by atoms with Gasteiger partial charge in [-0.2, -0.15) is 0 Å². The van der Waals surface area contributed by atoms with Crippen LogP contribution in [0.1, 0.15) is 54.6 Å². The van der Waals surface area contributed by atoms with Crippen LogP contribution in [0.3, 0.4) is 0 Å². The molecule has 2 heterocycles. The van der Waals surface area contributed by atoms with Crippen LogP contribution in [0.2, 0.25) is 0 Å². The zero-order valence-corrected chi connectivity index (χ0v) is 12.7. The molecule has 0 saturated carbocycles. The van der Waals surface area contributed by atoms with Crippen LogP contribution < -0.4 is 0 Å². The van der Waals surface area contributed by atoms with Gasteiger partial charge in [-0.3, -0.25) is 4.79 Å². The maximum Gasteiger partial charge on any atom is 0.356 e. The summed E-state index contributed by atoms with van der Waals surface area (Å²) >= 11 is 0. The first-order valence-corrected chi connectivity index (χ1v) is 7.18. The van der Waals surface area contributed by atoms with Crippen molar-refractivity contribution in [2.75, 3.05) is 13.1 Å². The van der Waals surface area contributed by atoms with E-state index in [0.29, 0.717) is 19.0 Å². The number of carbonyl (C=O) groups excluding carboxylic acids is 1. The molecule has 0 spiro atoms. The molecule has 1 aliphatic rings. The number of nitrogens with zero attached hydrogens (tertiary/aromatic N) is 3. The van der Waals surface area contributed by atoms with Crippen LogP contribution in [0.15, 0.2) is 12.4 Å². The van der Waals surface area contributed by atoms with Crippen LogP contribution >= 0.6 is 0 Å². The van der Waals surface area contributed by atoms with Gasteiger partial charge in [0, 0.05) is 13.1 Å². The predicted molar refractivity (Wildman–Crippen MR) is 77.1 cm³/mol. The van der Waals surface area contributed by atoms with Gasteiger partial charge in [0.2, 0.25) is 0 Å². The van der Waals surface area contributed by atoms with Crippen LogP contribution in [0.25, 0.3) is 0 Å². The number of aromatic carboxylic acids is 1. The molecule has 1 aromatic rings. The molecule has 0 radical (unpaired) electrons. The van der Waals surface area contributed by atoms with Gasteiger partial charge in [-0.05, 0) is 24.2 Å². The number of rotatable bonds is 3. The van der Waals surface area contributed by atoms with E-state index in [-0.39, 0.29) is 22.7 Å². The third kappa shape index (κ3) is 3.20. The zero-order valence-electron chi connectivity index (χ0n) is 12.7. The van der Waals surface area contributed by atoms with Crippen molar-refractivity contribution in [3.63, 3.8) is 0 Å². The van der Waals surface area contributed by atoms with Crippen LogP contribution in [-0.4, -0.2) is 44.9 Å². The second-order valence-electron chi connectivity index (χ2n) is 6.19. The summed E-state index contributed by atoms with van der Waals surface area (Å²) in [6.45, 7) is 8.11. The van der Waals surface area contributed by atoms with E-state index in [1.54, 1.807) is 4.90 Å². The molecule has 6 heteroatoms. The van der Waals surface area contributed by atoms with E-state index in [9.17, 15) is 9.59 Å². The molecule has 0 unspecified atom stereocenters. The van der Waals surface area contributed by atoms with Crippen LogP contribution in [-0.2, 0) is 0 Å². The molecule has 0 aromatic carbocycles. The average Bonchev–Trinajstić information content (AvgIpc) is 2.47. The summed E-state index contributed by atoms with van der Waals surface area (Å²) < 4.78 is 0. The Morgan fingerprint density at radius 2 is 1.71 bits per heavy atom. The molecule has 1 amide bonds. The number of piperidine rings is 1. The Hall–Kier alpha value is -1.98. The van der Waals surface area contributed by atoms with E-state index in [1.807, 2.05) is 0 Å². The van der Waals surface area contributed by atoms with Crippen molar-refractivity contribution in [3.8, 4) is 0 Å². The van der Waals surface area contributed by atoms with Gasteiger partial charge in [-0.15, -0.1) is 0 Å². The van der Waals surface area contributed by atoms with Crippen molar-refractivity contribution in [1.82, 2.24) is 14.9 Å². The second-order valence-corrected chi connectivity index (χ2v) is 6.19. The van der Waals surface area contributed by atoms with Crippen LogP contribution in [0, 0.1) is 11.3 Å². The number of carboxylic acid groups (broad SMARTS) is 1. The fraction of sp³-hybridized carbons (Fsp3) is 0.600. The Balaban J connectivity index is 2.03. The molecule has 0 bridgehead atoms. The number of aromatic nitrogens is 2. The third-order valence-electron chi connectivity index (χ3n) is 4.68. The number of carbonyl (C=O) groups is 2. The van der Waals surface area contributed by atoms with E-state index in [0.717, 1.165) is 19.0 Å². The van der Waals surface area contributed by atoms with E-state index in [2.05, 4.69) is 30.7 Å². The number of likely N-dealkylation sites (tertiary alicyclic amines) is 1. The Kier molecular flexibility index (Phi) is 4.25. The minimum Gasteiger partial charge on any atom is -0.476 e. The average molecular weight is 291 g/mol. The fourth-order valence-electron chi connectivity index (χ4n) is 2.51.